The second kappa shape index (κ2) is 5.92. The number of fused-ring (bicyclic) bond motifs is 2. The van der Waals surface area contributed by atoms with Crippen LogP contribution in [0.15, 0.2) is 18.5 Å². The van der Waals surface area contributed by atoms with E-state index in [1.807, 2.05) is 13.2 Å². The van der Waals surface area contributed by atoms with Crippen molar-refractivity contribution in [1.82, 2.24) is 24.7 Å². The van der Waals surface area contributed by atoms with E-state index in [0.717, 1.165) is 5.56 Å². The average molecular weight is 378 g/mol. The molecular formula is C16H16ClN5O4. The highest BCUT2D eigenvalue weighted by Crippen LogP contribution is 2.31. The van der Waals surface area contributed by atoms with Gasteiger partial charge >= 0.3 is 0 Å². The number of aliphatic hydroxyl groups is 1. The maximum absolute atomic E-state index is 9.81. The van der Waals surface area contributed by atoms with Gasteiger partial charge in [-0.1, -0.05) is 11.6 Å². The van der Waals surface area contributed by atoms with Gasteiger partial charge in [-0.2, -0.15) is 10.1 Å². The number of hydrogen-bond acceptors (Lipinski definition) is 7. The summed E-state index contributed by atoms with van der Waals surface area (Å²) >= 11 is 6.36. The molecule has 0 amide bonds. The Morgan fingerprint density at radius 3 is 2.96 bits per heavy atom. The number of ether oxygens (including phenoxy) is 3. The summed E-state index contributed by atoms with van der Waals surface area (Å²) in [6, 6.07) is 2.07. The molecule has 2 fully saturated rings. The molecule has 0 radical (unpaired) electrons. The Morgan fingerprint density at radius 1 is 1.31 bits per heavy atom. The third-order valence-corrected chi connectivity index (χ3v) is 4.92. The van der Waals surface area contributed by atoms with Crippen LogP contribution in [0.2, 0.25) is 5.02 Å². The van der Waals surface area contributed by atoms with Crippen molar-refractivity contribution in [2.45, 2.75) is 24.4 Å². The molecule has 2 aliphatic heterocycles. The molecular weight excluding hydrogens is 362 g/mol. The van der Waals surface area contributed by atoms with Gasteiger partial charge in [0.2, 0.25) is 0 Å². The summed E-state index contributed by atoms with van der Waals surface area (Å²) in [5.41, 5.74) is 2.58. The Kier molecular flexibility index (Phi) is 3.64. The van der Waals surface area contributed by atoms with Gasteiger partial charge in [0.25, 0.3) is 6.01 Å². The van der Waals surface area contributed by atoms with E-state index in [1.54, 1.807) is 16.9 Å². The Bertz CT molecular complexity index is 973. The Labute approximate surface area is 152 Å². The summed E-state index contributed by atoms with van der Waals surface area (Å²) in [6.07, 6.45) is 1.92. The molecule has 5 rings (SSSR count). The second-order valence-electron chi connectivity index (χ2n) is 6.45. The van der Waals surface area contributed by atoms with Crippen molar-refractivity contribution in [3.63, 3.8) is 0 Å². The maximum atomic E-state index is 9.81. The highest BCUT2D eigenvalue weighted by molar-refractivity contribution is 6.33. The minimum absolute atomic E-state index is 0.251. The van der Waals surface area contributed by atoms with Crippen LogP contribution in [-0.4, -0.2) is 67.5 Å². The summed E-state index contributed by atoms with van der Waals surface area (Å²) in [7, 11) is 1.83. The largest absolute Gasteiger partial charge is 0.456 e. The SMILES string of the molecule is Cn1cc(-c2nc3nc(O[C@@H]4CO[C@H]5[C@@H]4OC[C@H]5O)[nH]c3cc2Cl)cn1. The lowest BCUT2D eigenvalue weighted by Crippen LogP contribution is -2.34. The topological polar surface area (TPSA) is 107 Å². The van der Waals surface area contributed by atoms with Crippen LogP contribution in [0, 0.1) is 0 Å². The first kappa shape index (κ1) is 16.0. The molecule has 9 nitrogen and oxygen atoms in total. The molecule has 26 heavy (non-hydrogen) atoms. The summed E-state index contributed by atoms with van der Waals surface area (Å²) in [5, 5.41) is 14.4. The van der Waals surface area contributed by atoms with Gasteiger partial charge in [-0.15, -0.1) is 0 Å². The zero-order chi connectivity index (χ0) is 17.8. The van der Waals surface area contributed by atoms with Crippen LogP contribution in [-0.2, 0) is 16.5 Å². The Hall–Kier alpha value is -2.20. The van der Waals surface area contributed by atoms with Gasteiger partial charge in [0.15, 0.2) is 11.8 Å². The van der Waals surface area contributed by atoms with Gasteiger partial charge in [0.05, 0.1) is 35.6 Å². The monoisotopic (exact) mass is 377 g/mol. The highest BCUT2D eigenvalue weighted by Gasteiger charge is 2.48. The van der Waals surface area contributed by atoms with Gasteiger partial charge in [-0.3, -0.25) is 4.68 Å². The van der Waals surface area contributed by atoms with Gasteiger partial charge in [-0.25, -0.2) is 4.98 Å². The average Bonchev–Trinajstić information content (AvgIpc) is 3.35. The smallest absolute Gasteiger partial charge is 0.296 e. The van der Waals surface area contributed by atoms with Crippen molar-refractivity contribution in [3.05, 3.63) is 23.5 Å². The molecule has 5 heterocycles. The number of aromatic nitrogens is 5. The first-order valence-electron chi connectivity index (χ1n) is 8.21. The number of aliphatic hydroxyl groups excluding tert-OH is 1. The fraction of sp³-hybridized carbons (Fsp3) is 0.438. The minimum atomic E-state index is -0.619. The van der Waals surface area contributed by atoms with Gasteiger partial charge in [0.1, 0.15) is 18.3 Å². The number of aromatic amines is 1. The molecule has 0 spiro atoms. The van der Waals surface area contributed by atoms with Crippen molar-refractivity contribution in [2.75, 3.05) is 13.2 Å². The Morgan fingerprint density at radius 2 is 2.15 bits per heavy atom. The molecule has 2 aliphatic rings. The van der Waals surface area contributed by atoms with Gasteiger partial charge < -0.3 is 24.3 Å². The van der Waals surface area contributed by atoms with Crippen LogP contribution in [0.5, 0.6) is 6.01 Å². The van der Waals surface area contributed by atoms with Gasteiger partial charge in [0, 0.05) is 18.8 Å². The molecule has 2 N–H and O–H groups in total. The van der Waals surface area contributed by atoms with Crippen molar-refractivity contribution in [1.29, 1.82) is 0 Å². The van der Waals surface area contributed by atoms with Crippen LogP contribution in [0.25, 0.3) is 22.4 Å². The van der Waals surface area contributed by atoms with E-state index >= 15 is 0 Å². The lowest BCUT2D eigenvalue weighted by Gasteiger charge is -2.15. The predicted octanol–water partition coefficient (Wildman–Crippen LogP) is 0.918. The summed E-state index contributed by atoms with van der Waals surface area (Å²) in [5.74, 6) is 0. The van der Waals surface area contributed by atoms with Crippen molar-refractivity contribution in [3.8, 4) is 17.3 Å². The number of aryl methyl sites for hydroxylation is 1. The number of nitrogens with zero attached hydrogens (tertiary/aromatic N) is 4. The highest BCUT2D eigenvalue weighted by atomic mass is 35.5. The zero-order valence-electron chi connectivity index (χ0n) is 13.8. The number of pyridine rings is 1. The van der Waals surface area contributed by atoms with Crippen molar-refractivity contribution in [2.24, 2.45) is 7.05 Å². The number of nitrogens with one attached hydrogen (secondary N) is 1. The molecule has 2 saturated heterocycles. The minimum Gasteiger partial charge on any atom is -0.456 e. The van der Waals surface area contributed by atoms with E-state index in [-0.39, 0.29) is 24.9 Å². The molecule has 4 atom stereocenters. The van der Waals surface area contributed by atoms with Gasteiger partial charge in [-0.05, 0) is 6.07 Å². The molecule has 0 aliphatic carbocycles. The van der Waals surface area contributed by atoms with Crippen molar-refractivity contribution < 1.29 is 19.3 Å². The van der Waals surface area contributed by atoms with E-state index in [1.165, 1.54) is 0 Å². The number of hydrogen-bond donors (Lipinski definition) is 2. The zero-order valence-corrected chi connectivity index (χ0v) is 14.6. The lowest BCUT2D eigenvalue weighted by molar-refractivity contribution is 0.00706. The lowest BCUT2D eigenvalue weighted by atomic mass is 10.1. The number of imidazole rings is 1. The number of rotatable bonds is 3. The first-order valence-corrected chi connectivity index (χ1v) is 8.59. The molecule has 0 aromatic carbocycles. The summed E-state index contributed by atoms with van der Waals surface area (Å²) in [6.45, 7) is 0.583. The fourth-order valence-electron chi connectivity index (χ4n) is 3.39. The standard InChI is InChI=1S/C16H16ClN5O4/c1-22-4-7(3-18-22)12-8(17)2-9-15(20-12)21-16(19-9)26-11-6-25-13-10(23)5-24-14(11)13/h2-4,10-11,13-14,23H,5-6H2,1H3,(H,19,20,21)/t10-,11-,13-,14-/m1/s1. The van der Waals surface area contributed by atoms with E-state index in [4.69, 9.17) is 25.8 Å². The van der Waals surface area contributed by atoms with E-state index in [0.29, 0.717) is 34.5 Å². The molecule has 3 aromatic rings. The fourth-order valence-corrected chi connectivity index (χ4v) is 3.65. The van der Waals surface area contributed by atoms with Crippen LogP contribution in [0.3, 0.4) is 0 Å². The third kappa shape index (κ3) is 2.55. The number of halogens is 1. The molecule has 136 valence electrons. The normalized spacial score (nSPS) is 28.0. The van der Waals surface area contributed by atoms with Crippen LogP contribution in [0.4, 0.5) is 0 Å². The van der Waals surface area contributed by atoms with Crippen LogP contribution >= 0.6 is 11.6 Å². The molecule has 0 unspecified atom stereocenters. The number of H-pyrrole nitrogens is 1. The van der Waals surface area contributed by atoms with Crippen molar-refractivity contribution >= 4 is 22.8 Å². The maximum Gasteiger partial charge on any atom is 0.296 e. The predicted molar refractivity (Wildman–Crippen MR) is 91.0 cm³/mol. The van der Waals surface area contributed by atoms with E-state index in [2.05, 4.69) is 20.1 Å². The second-order valence-corrected chi connectivity index (χ2v) is 6.86. The Balaban J connectivity index is 1.43. The first-order chi connectivity index (χ1) is 12.6. The summed E-state index contributed by atoms with van der Waals surface area (Å²) in [4.78, 5) is 12.0. The molecule has 10 heteroatoms. The van der Waals surface area contributed by atoms with Crippen LogP contribution in [0.1, 0.15) is 0 Å². The quantitative estimate of drug-likeness (QED) is 0.698. The summed E-state index contributed by atoms with van der Waals surface area (Å²) < 4.78 is 18.7. The molecule has 0 saturated carbocycles. The third-order valence-electron chi connectivity index (χ3n) is 4.63. The van der Waals surface area contributed by atoms with E-state index in [9.17, 15) is 5.11 Å². The van der Waals surface area contributed by atoms with E-state index < -0.39 is 6.10 Å². The molecule has 0 bridgehead atoms. The molecule has 3 aromatic heterocycles. The van der Waals surface area contributed by atoms with Crippen LogP contribution < -0.4 is 4.74 Å².